The third-order valence-corrected chi connectivity index (χ3v) is 3.28. The van der Waals surface area contributed by atoms with Crippen molar-refractivity contribution in [1.29, 1.82) is 0 Å². The summed E-state index contributed by atoms with van der Waals surface area (Å²) in [5.41, 5.74) is 4.85. The normalized spacial score (nSPS) is 12.2. The van der Waals surface area contributed by atoms with Crippen molar-refractivity contribution in [3.05, 3.63) is 64.7 Å². The van der Waals surface area contributed by atoms with E-state index in [0.29, 0.717) is 11.6 Å². The summed E-state index contributed by atoms with van der Waals surface area (Å²) in [4.78, 5) is 0. The Labute approximate surface area is 124 Å². The third kappa shape index (κ3) is 3.51. The Bertz CT molecular complexity index is 560. The molecule has 106 valence electrons. The SMILES string of the molecule is CCCOc1ccccc1C(NN)c1cccc(Cl)c1. The van der Waals surface area contributed by atoms with Crippen LogP contribution in [0.25, 0.3) is 0 Å². The molecule has 0 heterocycles. The maximum atomic E-state index is 6.06. The molecule has 0 saturated heterocycles. The van der Waals surface area contributed by atoms with E-state index in [9.17, 15) is 0 Å². The van der Waals surface area contributed by atoms with E-state index in [0.717, 1.165) is 23.3 Å². The van der Waals surface area contributed by atoms with Gasteiger partial charge in [0.2, 0.25) is 0 Å². The Kier molecular flexibility index (Phi) is 5.41. The largest absolute Gasteiger partial charge is 0.493 e. The molecular formula is C16H19ClN2O. The van der Waals surface area contributed by atoms with Crippen molar-refractivity contribution >= 4 is 11.6 Å². The molecule has 0 fully saturated rings. The van der Waals surface area contributed by atoms with Crippen molar-refractivity contribution in [1.82, 2.24) is 5.43 Å². The first-order chi connectivity index (χ1) is 9.76. The minimum Gasteiger partial charge on any atom is -0.493 e. The van der Waals surface area contributed by atoms with Gasteiger partial charge in [0, 0.05) is 10.6 Å². The molecule has 3 nitrogen and oxygen atoms in total. The summed E-state index contributed by atoms with van der Waals surface area (Å²) in [5.74, 6) is 6.58. The zero-order chi connectivity index (χ0) is 14.4. The van der Waals surface area contributed by atoms with Gasteiger partial charge in [0.05, 0.1) is 12.6 Å². The van der Waals surface area contributed by atoms with Gasteiger partial charge in [-0.3, -0.25) is 5.84 Å². The highest BCUT2D eigenvalue weighted by molar-refractivity contribution is 6.30. The summed E-state index contributed by atoms with van der Waals surface area (Å²) < 4.78 is 5.79. The highest BCUT2D eigenvalue weighted by Gasteiger charge is 2.17. The molecule has 2 aromatic rings. The van der Waals surface area contributed by atoms with Gasteiger partial charge in [0.15, 0.2) is 0 Å². The fourth-order valence-electron chi connectivity index (χ4n) is 2.11. The molecule has 0 aromatic heterocycles. The van der Waals surface area contributed by atoms with Gasteiger partial charge < -0.3 is 4.74 Å². The molecular weight excluding hydrogens is 272 g/mol. The lowest BCUT2D eigenvalue weighted by Crippen LogP contribution is -2.29. The number of ether oxygens (including phenoxy) is 1. The van der Waals surface area contributed by atoms with E-state index in [1.807, 2.05) is 48.5 Å². The molecule has 20 heavy (non-hydrogen) atoms. The maximum absolute atomic E-state index is 6.06. The van der Waals surface area contributed by atoms with Crippen molar-refractivity contribution in [3.63, 3.8) is 0 Å². The monoisotopic (exact) mass is 290 g/mol. The lowest BCUT2D eigenvalue weighted by atomic mass is 9.98. The van der Waals surface area contributed by atoms with Gasteiger partial charge in [-0.05, 0) is 30.2 Å². The van der Waals surface area contributed by atoms with Gasteiger partial charge in [-0.15, -0.1) is 0 Å². The molecule has 4 heteroatoms. The van der Waals surface area contributed by atoms with E-state index in [2.05, 4.69) is 12.3 Å². The lowest BCUT2D eigenvalue weighted by Gasteiger charge is -2.20. The number of halogens is 1. The molecule has 1 atom stereocenters. The molecule has 1 unspecified atom stereocenters. The zero-order valence-corrected chi connectivity index (χ0v) is 12.2. The highest BCUT2D eigenvalue weighted by atomic mass is 35.5. The van der Waals surface area contributed by atoms with Crippen molar-refractivity contribution in [3.8, 4) is 5.75 Å². The summed E-state index contributed by atoms with van der Waals surface area (Å²) in [6.07, 6.45) is 0.965. The number of hydrogen-bond acceptors (Lipinski definition) is 3. The number of benzene rings is 2. The summed E-state index contributed by atoms with van der Waals surface area (Å²) in [6.45, 7) is 2.77. The standard InChI is InChI=1S/C16H19ClN2O/c1-2-10-20-15-9-4-3-8-14(15)16(19-18)12-6-5-7-13(17)11-12/h3-9,11,16,19H,2,10,18H2,1H3. The number of rotatable bonds is 6. The molecule has 3 N–H and O–H groups in total. The van der Waals surface area contributed by atoms with Gasteiger partial charge in [-0.2, -0.15) is 0 Å². The second kappa shape index (κ2) is 7.29. The molecule has 2 aromatic carbocycles. The van der Waals surface area contributed by atoms with Crippen LogP contribution in [0.2, 0.25) is 5.02 Å². The van der Waals surface area contributed by atoms with Crippen LogP contribution >= 0.6 is 11.6 Å². The second-order valence-corrected chi connectivity index (χ2v) is 4.98. The Morgan fingerprint density at radius 2 is 2.00 bits per heavy atom. The van der Waals surface area contributed by atoms with Crippen molar-refractivity contribution < 1.29 is 4.74 Å². The number of hydrogen-bond donors (Lipinski definition) is 2. The third-order valence-electron chi connectivity index (χ3n) is 3.04. The molecule has 0 spiro atoms. The first kappa shape index (κ1) is 14.9. The van der Waals surface area contributed by atoms with Gasteiger partial charge in [0.25, 0.3) is 0 Å². The average Bonchev–Trinajstić information content (AvgIpc) is 2.47. The topological polar surface area (TPSA) is 47.3 Å². The van der Waals surface area contributed by atoms with Crippen LogP contribution in [0, 0.1) is 0 Å². The zero-order valence-electron chi connectivity index (χ0n) is 11.5. The van der Waals surface area contributed by atoms with Crippen LogP contribution in [-0.4, -0.2) is 6.61 Å². The predicted octanol–water partition coefficient (Wildman–Crippen LogP) is 3.68. The number of para-hydroxylation sites is 1. The molecule has 0 bridgehead atoms. The molecule has 0 aliphatic rings. The molecule has 0 aliphatic carbocycles. The van der Waals surface area contributed by atoms with Crippen molar-refractivity contribution in [2.24, 2.45) is 5.84 Å². The first-order valence-electron chi connectivity index (χ1n) is 6.69. The highest BCUT2D eigenvalue weighted by Crippen LogP contribution is 2.30. The molecule has 0 aliphatic heterocycles. The fraction of sp³-hybridized carbons (Fsp3) is 0.250. The second-order valence-electron chi connectivity index (χ2n) is 4.54. The van der Waals surface area contributed by atoms with Crippen LogP contribution in [0.4, 0.5) is 0 Å². The van der Waals surface area contributed by atoms with Crippen LogP contribution in [0.15, 0.2) is 48.5 Å². The van der Waals surface area contributed by atoms with Crippen LogP contribution in [0.3, 0.4) is 0 Å². The Balaban J connectivity index is 2.36. The number of hydrazine groups is 1. The number of nitrogens with two attached hydrogens (primary N) is 1. The van der Waals surface area contributed by atoms with Gasteiger partial charge in [-0.25, -0.2) is 5.43 Å². The van der Waals surface area contributed by atoms with Gasteiger partial charge in [0.1, 0.15) is 5.75 Å². The summed E-state index contributed by atoms with van der Waals surface area (Å²) in [7, 11) is 0. The van der Waals surface area contributed by atoms with E-state index >= 15 is 0 Å². The van der Waals surface area contributed by atoms with E-state index < -0.39 is 0 Å². The smallest absolute Gasteiger partial charge is 0.124 e. The lowest BCUT2D eigenvalue weighted by molar-refractivity contribution is 0.311. The molecule has 0 amide bonds. The quantitative estimate of drug-likeness (QED) is 0.630. The summed E-state index contributed by atoms with van der Waals surface area (Å²) >= 11 is 6.06. The molecule has 0 radical (unpaired) electrons. The summed E-state index contributed by atoms with van der Waals surface area (Å²) in [5, 5.41) is 0.690. The number of nitrogens with one attached hydrogen (secondary N) is 1. The average molecular weight is 291 g/mol. The van der Waals surface area contributed by atoms with Crippen LogP contribution < -0.4 is 16.0 Å². The van der Waals surface area contributed by atoms with Crippen LogP contribution in [0.1, 0.15) is 30.5 Å². The summed E-state index contributed by atoms with van der Waals surface area (Å²) in [6, 6.07) is 15.4. The van der Waals surface area contributed by atoms with Crippen LogP contribution in [-0.2, 0) is 0 Å². The van der Waals surface area contributed by atoms with E-state index in [1.54, 1.807) is 0 Å². The van der Waals surface area contributed by atoms with Crippen LogP contribution in [0.5, 0.6) is 5.75 Å². The van der Waals surface area contributed by atoms with Gasteiger partial charge >= 0.3 is 0 Å². The minimum atomic E-state index is -0.151. The Hall–Kier alpha value is -1.55. The maximum Gasteiger partial charge on any atom is 0.124 e. The molecule has 2 rings (SSSR count). The van der Waals surface area contributed by atoms with E-state index in [-0.39, 0.29) is 6.04 Å². The minimum absolute atomic E-state index is 0.151. The Morgan fingerprint density at radius 3 is 2.70 bits per heavy atom. The fourth-order valence-corrected chi connectivity index (χ4v) is 2.31. The molecule has 0 saturated carbocycles. The predicted molar refractivity (Wildman–Crippen MR) is 82.8 cm³/mol. The van der Waals surface area contributed by atoms with Crippen molar-refractivity contribution in [2.45, 2.75) is 19.4 Å². The first-order valence-corrected chi connectivity index (χ1v) is 7.07. The van der Waals surface area contributed by atoms with E-state index in [1.165, 1.54) is 0 Å². The van der Waals surface area contributed by atoms with Crippen molar-refractivity contribution in [2.75, 3.05) is 6.61 Å². The van der Waals surface area contributed by atoms with Gasteiger partial charge in [-0.1, -0.05) is 48.9 Å². The van der Waals surface area contributed by atoms with E-state index in [4.69, 9.17) is 22.2 Å². The Morgan fingerprint density at radius 1 is 1.20 bits per heavy atom.